The molecule has 2 aliphatic rings. The molecule has 9 heteroatoms. The van der Waals surface area contributed by atoms with Crippen LogP contribution in [0.2, 0.25) is 0 Å². The first kappa shape index (κ1) is 19.8. The maximum Gasteiger partial charge on any atom is 0.407 e. The van der Waals surface area contributed by atoms with E-state index in [-0.39, 0.29) is 35.7 Å². The number of hydrogen-bond donors (Lipinski definition) is 3. The molecule has 2 aromatic rings. The highest BCUT2D eigenvalue weighted by molar-refractivity contribution is 7.90. The van der Waals surface area contributed by atoms with E-state index in [2.05, 4.69) is 20.8 Å². The van der Waals surface area contributed by atoms with Crippen molar-refractivity contribution in [3.8, 4) is 0 Å². The Balaban J connectivity index is 1.36. The quantitative estimate of drug-likeness (QED) is 0.686. The summed E-state index contributed by atoms with van der Waals surface area (Å²) < 4.78 is 29.0. The van der Waals surface area contributed by atoms with Crippen LogP contribution >= 0.6 is 0 Å². The first-order chi connectivity index (χ1) is 13.8. The zero-order valence-electron chi connectivity index (χ0n) is 16.6. The van der Waals surface area contributed by atoms with Crippen LogP contribution in [0.5, 0.6) is 0 Å². The lowest BCUT2D eigenvalue weighted by Crippen LogP contribution is -2.33. The molecule has 1 amide bonds. The molecule has 0 bridgehead atoms. The van der Waals surface area contributed by atoms with Gasteiger partial charge in [-0.3, -0.25) is 5.10 Å². The first-order valence-electron chi connectivity index (χ1n) is 9.89. The van der Waals surface area contributed by atoms with E-state index in [4.69, 9.17) is 4.74 Å². The van der Waals surface area contributed by atoms with Gasteiger partial charge >= 0.3 is 6.09 Å². The van der Waals surface area contributed by atoms with Gasteiger partial charge < -0.3 is 15.4 Å². The summed E-state index contributed by atoms with van der Waals surface area (Å²) >= 11 is 0. The van der Waals surface area contributed by atoms with Crippen LogP contribution < -0.4 is 10.6 Å². The van der Waals surface area contributed by atoms with E-state index >= 15 is 0 Å². The fourth-order valence-corrected chi connectivity index (χ4v) is 5.61. The number of hydrogen-bond acceptors (Lipinski definition) is 6. The molecule has 29 heavy (non-hydrogen) atoms. The molecule has 1 aliphatic carbocycles. The molecule has 156 valence electrons. The number of ether oxygens (including phenoxy) is 1. The van der Waals surface area contributed by atoms with E-state index < -0.39 is 9.84 Å². The number of nitrogens with zero attached hydrogens (tertiary/aromatic N) is 1. The largest absolute Gasteiger partial charge is 0.446 e. The van der Waals surface area contributed by atoms with Crippen LogP contribution in [0, 0.1) is 0 Å². The Bertz CT molecular complexity index is 1020. The monoisotopic (exact) mass is 418 g/mol. The number of anilines is 2. The number of fused-ring (bicyclic) bond motifs is 1. The highest BCUT2D eigenvalue weighted by Gasteiger charge is 2.30. The van der Waals surface area contributed by atoms with Crippen LogP contribution in [0.3, 0.4) is 0 Å². The summed E-state index contributed by atoms with van der Waals surface area (Å²) in [5, 5.41) is 13.4. The number of amides is 1. The predicted octanol–water partition coefficient (Wildman–Crippen LogP) is 3.35. The minimum Gasteiger partial charge on any atom is -0.446 e. The Hall–Kier alpha value is -2.55. The fourth-order valence-electron chi connectivity index (χ4n) is 4.01. The third-order valence-corrected chi connectivity index (χ3v) is 6.83. The number of nitrogens with one attached hydrogen (secondary N) is 3. The van der Waals surface area contributed by atoms with Crippen molar-refractivity contribution < 1.29 is 17.9 Å². The van der Waals surface area contributed by atoms with Gasteiger partial charge in [0.1, 0.15) is 6.10 Å². The van der Waals surface area contributed by atoms with Gasteiger partial charge in [-0.15, -0.1) is 0 Å². The molecule has 3 N–H and O–H groups in total. The summed E-state index contributed by atoms with van der Waals surface area (Å²) in [6.45, 7) is 3.80. The molecule has 2 heterocycles. The van der Waals surface area contributed by atoms with Crippen molar-refractivity contribution >= 4 is 27.4 Å². The van der Waals surface area contributed by atoms with Crippen LogP contribution in [0.25, 0.3) is 0 Å². The average molecular weight is 419 g/mol. The van der Waals surface area contributed by atoms with Crippen LogP contribution in [-0.4, -0.2) is 36.9 Å². The minimum absolute atomic E-state index is 0.0558. The van der Waals surface area contributed by atoms with Gasteiger partial charge in [0, 0.05) is 29.4 Å². The number of sulfone groups is 1. The Labute approximate surface area is 170 Å². The van der Waals surface area contributed by atoms with Crippen LogP contribution in [0.15, 0.2) is 24.3 Å². The second-order valence-electron chi connectivity index (χ2n) is 8.19. The van der Waals surface area contributed by atoms with E-state index in [0.29, 0.717) is 5.82 Å². The normalized spacial score (nSPS) is 22.4. The van der Waals surface area contributed by atoms with Crippen molar-refractivity contribution in [2.75, 3.05) is 5.32 Å². The number of aromatic nitrogens is 2. The Morgan fingerprint density at radius 3 is 2.79 bits per heavy atom. The highest BCUT2D eigenvalue weighted by atomic mass is 32.2. The van der Waals surface area contributed by atoms with Gasteiger partial charge in [-0.2, -0.15) is 5.10 Å². The molecule has 1 fully saturated rings. The lowest BCUT2D eigenvalue weighted by molar-refractivity contribution is 0.0981. The maximum atomic E-state index is 11.8. The summed E-state index contributed by atoms with van der Waals surface area (Å²) in [6, 6.07) is 7.63. The molecule has 0 saturated heterocycles. The highest BCUT2D eigenvalue weighted by Crippen LogP contribution is 2.36. The zero-order valence-corrected chi connectivity index (χ0v) is 17.4. The van der Waals surface area contributed by atoms with Crippen LogP contribution in [0.1, 0.15) is 55.8 Å². The molecule has 1 unspecified atom stereocenters. The van der Waals surface area contributed by atoms with Gasteiger partial charge in [0.25, 0.3) is 0 Å². The van der Waals surface area contributed by atoms with E-state index in [1.165, 1.54) is 0 Å². The van der Waals surface area contributed by atoms with Gasteiger partial charge in [0.05, 0.1) is 11.5 Å². The molecule has 1 saturated carbocycles. The van der Waals surface area contributed by atoms with Gasteiger partial charge in [0.2, 0.25) is 0 Å². The second-order valence-corrected chi connectivity index (χ2v) is 10.3. The Morgan fingerprint density at radius 1 is 1.21 bits per heavy atom. The molecule has 2 atom stereocenters. The van der Waals surface area contributed by atoms with Crippen molar-refractivity contribution in [2.45, 2.75) is 62.7 Å². The summed E-state index contributed by atoms with van der Waals surface area (Å²) in [4.78, 5) is 11.8. The van der Waals surface area contributed by atoms with Crippen molar-refractivity contribution in [1.82, 2.24) is 15.5 Å². The van der Waals surface area contributed by atoms with E-state index in [9.17, 15) is 13.2 Å². The number of alkyl carbamates (subject to hydrolysis) is 1. The Morgan fingerprint density at radius 2 is 2.00 bits per heavy atom. The average Bonchev–Trinajstić information content (AvgIpc) is 3.31. The third kappa shape index (κ3) is 4.72. The molecular formula is C20H26N4O4S. The molecule has 1 aromatic heterocycles. The van der Waals surface area contributed by atoms with Crippen molar-refractivity contribution in [3.63, 3.8) is 0 Å². The third-order valence-electron chi connectivity index (χ3n) is 5.33. The number of carbonyl (C=O) groups is 1. The smallest absolute Gasteiger partial charge is 0.407 e. The fraction of sp³-hybridized carbons (Fsp3) is 0.500. The van der Waals surface area contributed by atoms with Crippen LogP contribution in [-0.2, 0) is 26.1 Å². The standard InChI is InChI=1S/C20H26N4O4S/c1-12(2)21-20(25)28-17-6-4-13(8-17)18-9-19(24-23-18)22-16-5-3-14-10-29(26,27)11-15(14)7-16/h3,5,7,9,12-13,17H,4,6,8,10-11H2,1-2H3,(H,21,25)(H2,22,23,24)/t13?,17-/m1/s1. The summed E-state index contributed by atoms with van der Waals surface area (Å²) in [5.41, 5.74) is 3.54. The molecule has 4 rings (SSSR count). The summed E-state index contributed by atoms with van der Waals surface area (Å²) in [7, 11) is -3.01. The maximum absolute atomic E-state index is 11.8. The summed E-state index contributed by atoms with van der Waals surface area (Å²) in [5.74, 6) is 1.16. The van der Waals surface area contributed by atoms with Gasteiger partial charge in [0.15, 0.2) is 15.7 Å². The number of carbonyl (C=O) groups excluding carboxylic acids is 1. The summed E-state index contributed by atoms with van der Waals surface area (Å²) in [6.07, 6.45) is 2.08. The van der Waals surface area contributed by atoms with Crippen molar-refractivity contribution in [3.05, 3.63) is 41.1 Å². The second kappa shape index (κ2) is 7.70. The van der Waals surface area contributed by atoms with Crippen LogP contribution in [0.4, 0.5) is 16.3 Å². The predicted molar refractivity (Wildman–Crippen MR) is 110 cm³/mol. The van der Waals surface area contributed by atoms with Gasteiger partial charge in [-0.25, -0.2) is 13.2 Å². The lowest BCUT2D eigenvalue weighted by Gasteiger charge is -2.14. The lowest BCUT2D eigenvalue weighted by atomic mass is 10.0. The van der Waals surface area contributed by atoms with Gasteiger partial charge in [-0.1, -0.05) is 6.07 Å². The molecule has 8 nitrogen and oxygen atoms in total. The number of aromatic amines is 1. The number of benzene rings is 1. The Kier molecular flexibility index (Phi) is 5.24. The molecule has 0 radical (unpaired) electrons. The van der Waals surface area contributed by atoms with E-state index in [1.54, 1.807) is 0 Å². The van der Waals surface area contributed by atoms with Crippen molar-refractivity contribution in [1.29, 1.82) is 0 Å². The topological polar surface area (TPSA) is 113 Å². The minimum atomic E-state index is -3.01. The first-order valence-corrected chi connectivity index (χ1v) is 11.7. The van der Waals surface area contributed by atoms with Gasteiger partial charge in [-0.05, 0) is 56.4 Å². The molecule has 1 aromatic carbocycles. The number of H-pyrrole nitrogens is 1. The molecular weight excluding hydrogens is 392 g/mol. The molecule has 0 spiro atoms. The molecule has 1 aliphatic heterocycles. The van der Waals surface area contributed by atoms with E-state index in [1.807, 2.05) is 38.1 Å². The zero-order chi connectivity index (χ0) is 20.6. The van der Waals surface area contributed by atoms with E-state index in [0.717, 1.165) is 41.8 Å². The van der Waals surface area contributed by atoms with Crippen molar-refractivity contribution in [2.24, 2.45) is 0 Å². The number of rotatable bonds is 5. The SMILES string of the molecule is CC(C)NC(=O)O[C@@H]1CCC(c2cc(Nc3ccc4c(c3)CS(=O)(=O)C4)n[nH]2)C1.